The molecule has 0 saturated heterocycles. The first-order valence-electron chi connectivity index (χ1n) is 9.11. The molecule has 1 heterocycles. The van der Waals surface area contributed by atoms with E-state index in [1.54, 1.807) is 0 Å². The van der Waals surface area contributed by atoms with Gasteiger partial charge in [-0.05, 0) is 48.3 Å². The Balaban J connectivity index is 1.76. The minimum atomic E-state index is -0.360. The smallest absolute Gasteiger partial charge is 0.341 e. The largest absolute Gasteiger partial charge is 0.465 e. The highest BCUT2D eigenvalue weighted by molar-refractivity contribution is 7.17. The topological polar surface area (TPSA) is 55.4 Å². The van der Waals surface area contributed by atoms with Crippen molar-refractivity contribution in [3.05, 3.63) is 51.4 Å². The summed E-state index contributed by atoms with van der Waals surface area (Å²) in [6, 6.07) is 8.12. The van der Waals surface area contributed by atoms with Crippen LogP contribution in [0.4, 0.5) is 5.00 Å². The highest BCUT2D eigenvalue weighted by atomic mass is 32.1. The number of nitrogens with one attached hydrogen (secondary N) is 1. The molecular weight excluding hydrogens is 346 g/mol. The van der Waals surface area contributed by atoms with E-state index < -0.39 is 0 Å². The lowest BCUT2D eigenvalue weighted by Gasteiger charge is -2.11. The molecule has 0 atom stereocenters. The number of thiophene rings is 1. The second kappa shape index (κ2) is 8.04. The number of fused-ring (bicyclic) bond motifs is 1. The van der Waals surface area contributed by atoms with Crippen LogP contribution in [0.5, 0.6) is 0 Å². The lowest BCUT2D eigenvalue weighted by Crippen LogP contribution is -2.16. The summed E-state index contributed by atoms with van der Waals surface area (Å²) in [6.45, 7) is 4.29. The molecule has 3 rings (SSSR count). The predicted octanol–water partition coefficient (Wildman–Crippen LogP) is 4.72. The van der Waals surface area contributed by atoms with Crippen molar-refractivity contribution in [3.8, 4) is 0 Å². The van der Waals surface area contributed by atoms with Crippen LogP contribution < -0.4 is 5.32 Å². The maximum atomic E-state index is 12.5. The molecule has 5 heteroatoms. The van der Waals surface area contributed by atoms with Gasteiger partial charge in [0, 0.05) is 4.88 Å². The molecule has 0 fully saturated rings. The Morgan fingerprint density at radius 2 is 1.85 bits per heavy atom. The van der Waals surface area contributed by atoms with Gasteiger partial charge in [0.25, 0.3) is 0 Å². The Kier molecular flexibility index (Phi) is 5.77. The van der Waals surface area contributed by atoms with Gasteiger partial charge >= 0.3 is 5.97 Å². The zero-order valence-corrected chi connectivity index (χ0v) is 16.4. The van der Waals surface area contributed by atoms with Crippen molar-refractivity contribution in [1.29, 1.82) is 0 Å². The van der Waals surface area contributed by atoms with Crippen LogP contribution in [-0.2, 0) is 28.8 Å². The van der Waals surface area contributed by atoms with Gasteiger partial charge in [0.1, 0.15) is 5.00 Å². The molecule has 138 valence electrons. The molecule has 0 bridgehead atoms. The Morgan fingerprint density at radius 3 is 2.50 bits per heavy atom. The summed E-state index contributed by atoms with van der Waals surface area (Å²) in [6.07, 6.45) is 4.34. The first kappa shape index (κ1) is 18.6. The summed E-state index contributed by atoms with van der Waals surface area (Å²) in [4.78, 5) is 26.0. The van der Waals surface area contributed by atoms with Gasteiger partial charge in [0.2, 0.25) is 5.91 Å². The van der Waals surface area contributed by atoms with E-state index in [0.717, 1.165) is 36.8 Å². The zero-order chi connectivity index (χ0) is 18.7. The molecule has 1 aliphatic carbocycles. The van der Waals surface area contributed by atoms with Gasteiger partial charge in [-0.2, -0.15) is 0 Å². The fourth-order valence-electron chi connectivity index (χ4n) is 3.35. The molecule has 26 heavy (non-hydrogen) atoms. The summed E-state index contributed by atoms with van der Waals surface area (Å²) in [5.41, 5.74) is 3.83. The monoisotopic (exact) mass is 371 g/mol. The van der Waals surface area contributed by atoms with Gasteiger partial charge in [0.15, 0.2) is 0 Å². The highest BCUT2D eigenvalue weighted by Gasteiger charge is 2.26. The Bertz CT molecular complexity index is 805. The number of carbonyl (C=O) groups is 2. The third-order valence-electron chi connectivity index (χ3n) is 4.82. The minimum absolute atomic E-state index is 0.106. The molecule has 0 unspecified atom stereocenters. The quantitative estimate of drug-likeness (QED) is 0.774. The first-order chi connectivity index (χ1) is 12.5. The van der Waals surface area contributed by atoms with Crippen LogP contribution in [0.15, 0.2) is 24.3 Å². The van der Waals surface area contributed by atoms with Crippen molar-refractivity contribution in [2.24, 2.45) is 0 Å². The van der Waals surface area contributed by atoms with E-state index >= 15 is 0 Å². The summed E-state index contributed by atoms with van der Waals surface area (Å²) in [5.74, 6) is 0.00460. The van der Waals surface area contributed by atoms with E-state index in [9.17, 15) is 9.59 Å². The number of benzene rings is 1. The van der Waals surface area contributed by atoms with Crippen LogP contribution in [0.1, 0.15) is 64.5 Å². The number of hydrogen-bond acceptors (Lipinski definition) is 4. The SMILES string of the molecule is COC(=O)c1c(NC(=O)Cc2ccc(C(C)C)cc2)sc2c1CCCC2. The van der Waals surface area contributed by atoms with Gasteiger partial charge < -0.3 is 10.1 Å². The third-order valence-corrected chi connectivity index (χ3v) is 6.03. The molecule has 1 amide bonds. The van der Waals surface area contributed by atoms with Crippen LogP contribution in [0.3, 0.4) is 0 Å². The van der Waals surface area contributed by atoms with Gasteiger partial charge in [-0.3, -0.25) is 4.79 Å². The third kappa shape index (κ3) is 3.98. The summed E-state index contributed by atoms with van der Waals surface area (Å²) in [5, 5.41) is 3.58. The molecule has 1 aliphatic rings. The molecular formula is C21H25NO3S. The summed E-state index contributed by atoms with van der Waals surface area (Å²) in [7, 11) is 1.39. The van der Waals surface area contributed by atoms with Gasteiger partial charge in [-0.25, -0.2) is 4.79 Å². The Hall–Kier alpha value is -2.14. The van der Waals surface area contributed by atoms with Gasteiger partial charge in [-0.1, -0.05) is 38.1 Å². The van der Waals surface area contributed by atoms with Gasteiger partial charge in [0.05, 0.1) is 19.1 Å². The lowest BCUT2D eigenvalue weighted by molar-refractivity contribution is -0.115. The maximum absolute atomic E-state index is 12.5. The van der Waals surface area contributed by atoms with E-state index in [0.29, 0.717) is 22.9 Å². The predicted molar refractivity (Wildman–Crippen MR) is 105 cm³/mol. The Morgan fingerprint density at radius 1 is 1.15 bits per heavy atom. The molecule has 0 spiro atoms. The Labute approximate surface area is 158 Å². The van der Waals surface area contributed by atoms with Crippen molar-refractivity contribution < 1.29 is 14.3 Å². The molecule has 0 radical (unpaired) electrons. The number of amides is 1. The second-order valence-corrected chi connectivity index (χ2v) is 8.13. The molecule has 0 aliphatic heterocycles. The summed E-state index contributed by atoms with van der Waals surface area (Å²) < 4.78 is 4.95. The standard InChI is InChI=1S/C21H25NO3S/c1-13(2)15-10-8-14(9-11-15)12-18(23)22-20-19(21(24)25-3)16-6-4-5-7-17(16)26-20/h8-11,13H,4-7,12H2,1-3H3,(H,22,23). The normalized spacial score (nSPS) is 13.4. The number of esters is 1. The average Bonchev–Trinajstić information content (AvgIpc) is 2.99. The van der Waals surface area contributed by atoms with Crippen molar-refractivity contribution in [3.63, 3.8) is 0 Å². The molecule has 1 aromatic carbocycles. The number of anilines is 1. The minimum Gasteiger partial charge on any atom is -0.465 e. The van der Waals surface area contributed by atoms with Crippen LogP contribution >= 0.6 is 11.3 Å². The number of ether oxygens (including phenoxy) is 1. The van der Waals surface area contributed by atoms with Crippen LogP contribution in [0.25, 0.3) is 0 Å². The molecule has 2 aromatic rings. The fourth-order valence-corrected chi connectivity index (χ4v) is 4.64. The second-order valence-electron chi connectivity index (χ2n) is 7.03. The van der Waals surface area contributed by atoms with Crippen molar-refractivity contribution in [1.82, 2.24) is 0 Å². The van der Waals surface area contributed by atoms with Crippen LogP contribution in [-0.4, -0.2) is 19.0 Å². The number of methoxy groups -OCH3 is 1. The van der Waals surface area contributed by atoms with Crippen LogP contribution in [0, 0.1) is 0 Å². The van der Waals surface area contributed by atoms with E-state index in [1.165, 1.54) is 28.9 Å². The average molecular weight is 372 g/mol. The fraction of sp³-hybridized carbons (Fsp3) is 0.429. The molecule has 0 saturated carbocycles. The van der Waals surface area contributed by atoms with E-state index in [-0.39, 0.29) is 11.9 Å². The molecule has 1 aromatic heterocycles. The van der Waals surface area contributed by atoms with E-state index in [4.69, 9.17) is 4.74 Å². The van der Waals surface area contributed by atoms with Crippen LogP contribution in [0.2, 0.25) is 0 Å². The lowest BCUT2D eigenvalue weighted by atomic mass is 9.95. The summed E-state index contributed by atoms with van der Waals surface area (Å²) >= 11 is 1.52. The molecule has 4 nitrogen and oxygen atoms in total. The maximum Gasteiger partial charge on any atom is 0.341 e. The number of rotatable bonds is 5. The van der Waals surface area contributed by atoms with Crippen molar-refractivity contribution in [2.75, 3.05) is 12.4 Å². The number of carbonyl (C=O) groups excluding carboxylic acids is 2. The first-order valence-corrected chi connectivity index (χ1v) is 9.92. The van der Waals surface area contributed by atoms with Crippen molar-refractivity contribution >= 4 is 28.2 Å². The highest BCUT2D eigenvalue weighted by Crippen LogP contribution is 2.38. The van der Waals surface area contributed by atoms with Crippen molar-refractivity contribution in [2.45, 2.75) is 51.9 Å². The van der Waals surface area contributed by atoms with E-state index in [2.05, 4.69) is 31.3 Å². The van der Waals surface area contributed by atoms with Gasteiger partial charge in [-0.15, -0.1) is 11.3 Å². The number of aryl methyl sites for hydroxylation is 1. The zero-order valence-electron chi connectivity index (χ0n) is 15.6. The van der Waals surface area contributed by atoms with E-state index in [1.807, 2.05) is 12.1 Å². The number of hydrogen-bond donors (Lipinski definition) is 1. The molecule has 1 N–H and O–H groups in total.